The molecule has 0 bridgehead atoms. The quantitative estimate of drug-likeness (QED) is 0.405. The summed E-state index contributed by atoms with van der Waals surface area (Å²) in [5.74, 6) is 0. The lowest BCUT2D eigenvalue weighted by Crippen LogP contribution is -2.74. The van der Waals surface area contributed by atoms with Gasteiger partial charge in [-0.1, -0.05) is 6.07 Å². The Bertz CT molecular complexity index is 271. The summed E-state index contributed by atoms with van der Waals surface area (Å²) in [5.41, 5.74) is 10.3. The molecule has 1 rings (SSSR count). The average molecular weight is 153 g/mol. The molecule has 3 nitrogen and oxygen atoms in total. The Morgan fingerprint density at radius 3 is 2.55 bits per heavy atom. The van der Waals surface area contributed by atoms with E-state index in [-0.39, 0.29) is 0 Å². The fraction of sp³-hybridized carbons (Fsp3) is 0.250. The van der Waals surface area contributed by atoms with E-state index in [1.165, 1.54) is 0 Å². The number of hydrogen-bond donors (Lipinski definition) is 3. The number of benzene rings is 1. The SMILES string of the molecule is Cc1ccc([NH2+]O)c(C)c1N. The molecular weight excluding hydrogens is 140 g/mol. The molecule has 0 heterocycles. The maximum atomic E-state index is 8.75. The number of aryl methyl sites for hydroxylation is 1. The number of quaternary nitrogens is 1. The minimum absolute atomic E-state index is 0.757. The second kappa shape index (κ2) is 2.90. The van der Waals surface area contributed by atoms with Crippen molar-refractivity contribution in [1.29, 1.82) is 0 Å². The van der Waals surface area contributed by atoms with Crippen molar-refractivity contribution in [3.63, 3.8) is 0 Å². The van der Waals surface area contributed by atoms with Crippen molar-refractivity contribution in [2.75, 3.05) is 5.73 Å². The van der Waals surface area contributed by atoms with Crippen LogP contribution in [0.2, 0.25) is 0 Å². The van der Waals surface area contributed by atoms with Gasteiger partial charge in [0.25, 0.3) is 0 Å². The fourth-order valence-corrected chi connectivity index (χ4v) is 1.02. The lowest BCUT2D eigenvalue weighted by molar-refractivity contribution is -0.826. The van der Waals surface area contributed by atoms with Crippen LogP contribution >= 0.6 is 0 Å². The molecule has 0 fully saturated rings. The van der Waals surface area contributed by atoms with Gasteiger partial charge in [-0.3, -0.25) is 0 Å². The molecular formula is C8H13N2O+. The molecule has 11 heavy (non-hydrogen) atoms. The summed E-state index contributed by atoms with van der Waals surface area (Å²) in [7, 11) is 0. The Kier molecular flexibility index (Phi) is 2.12. The normalized spacial score (nSPS) is 10.1. The maximum absolute atomic E-state index is 8.75. The zero-order valence-corrected chi connectivity index (χ0v) is 6.76. The Morgan fingerprint density at radius 1 is 1.36 bits per heavy atom. The molecule has 1 aromatic rings. The maximum Gasteiger partial charge on any atom is 0.166 e. The zero-order chi connectivity index (χ0) is 8.43. The highest BCUT2D eigenvalue weighted by atomic mass is 16.5. The highest BCUT2D eigenvalue weighted by molar-refractivity contribution is 5.60. The molecule has 60 valence electrons. The molecule has 0 radical (unpaired) electrons. The highest BCUT2D eigenvalue weighted by Crippen LogP contribution is 2.20. The van der Waals surface area contributed by atoms with Gasteiger partial charge in [0.05, 0.1) is 0 Å². The van der Waals surface area contributed by atoms with Crippen LogP contribution in [0.25, 0.3) is 0 Å². The molecule has 0 atom stereocenters. The first-order valence-corrected chi connectivity index (χ1v) is 3.50. The number of rotatable bonds is 1. The molecule has 0 aliphatic carbocycles. The Labute approximate surface area is 65.8 Å². The van der Waals surface area contributed by atoms with E-state index < -0.39 is 0 Å². The van der Waals surface area contributed by atoms with Gasteiger partial charge >= 0.3 is 0 Å². The minimum Gasteiger partial charge on any atom is -0.398 e. The van der Waals surface area contributed by atoms with Gasteiger partial charge in [0.1, 0.15) is 0 Å². The van der Waals surface area contributed by atoms with Gasteiger partial charge in [-0.25, -0.2) is 5.21 Å². The van der Waals surface area contributed by atoms with Crippen molar-refractivity contribution in [2.45, 2.75) is 13.8 Å². The van der Waals surface area contributed by atoms with Crippen molar-refractivity contribution < 1.29 is 10.7 Å². The van der Waals surface area contributed by atoms with Crippen LogP contribution in [0.4, 0.5) is 11.4 Å². The van der Waals surface area contributed by atoms with Gasteiger partial charge in [0.15, 0.2) is 5.69 Å². The largest absolute Gasteiger partial charge is 0.398 e. The van der Waals surface area contributed by atoms with E-state index in [9.17, 15) is 0 Å². The molecule has 0 aliphatic heterocycles. The number of nitrogens with two attached hydrogens (primary N) is 2. The third kappa shape index (κ3) is 1.34. The van der Waals surface area contributed by atoms with Gasteiger partial charge in [-0.2, -0.15) is 5.48 Å². The Morgan fingerprint density at radius 2 is 2.00 bits per heavy atom. The van der Waals surface area contributed by atoms with Crippen LogP contribution in [-0.2, 0) is 0 Å². The monoisotopic (exact) mass is 153 g/mol. The van der Waals surface area contributed by atoms with Crippen LogP contribution in [0.1, 0.15) is 11.1 Å². The van der Waals surface area contributed by atoms with Gasteiger partial charge in [-0.05, 0) is 19.4 Å². The van der Waals surface area contributed by atoms with E-state index in [2.05, 4.69) is 0 Å². The molecule has 0 aromatic heterocycles. The average Bonchev–Trinajstić information content (AvgIpc) is 2.01. The number of hydrogen-bond acceptors (Lipinski definition) is 2. The van der Waals surface area contributed by atoms with Crippen LogP contribution in [-0.4, -0.2) is 5.21 Å². The Balaban J connectivity index is 3.25. The van der Waals surface area contributed by atoms with Gasteiger partial charge in [0.2, 0.25) is 0 Å². The van der Waals surface area contributed by atoms with E-state index in [0.29, 0.717) is 0 Å². The van der Waals surface area contributed by atoms with Crippen molar-refractivity contribution in [2.24, 2.45) is 0 Å². The summed E-state index contributed by atoms with van der Waals surface area (Å²) in [5, 5.41) is 8.75. The van der Waals surface area contributed by atoms with Crippen molar-refractivity contribution in [3.05, 3.63) is 23.3 Å². The number of nitrogen functional groups attached to an aromatic ring is 1. The van der Waals surface area contributed by atoms with Crippen molar-refractivity contribution in [1.82, 2.24) is 0 Å². The zero-order valence-electron chi connectivity index (χ0n) is 6.76. The predicted molar refractivity (Wildman–Crippen MR) is 43.7 cm³/mol. The molecule has 0 spiro atoms. The minimum atomic E-state index is 0.757. The van der Waals surface area contributed by atoms with Gasteiger partial charge in [0, 0.05) is 17.3 Å². The third-order valence-corrected chi connectivity index (χ3v) is 1.91. The topological polar surface area (TPSA) is 62.9 Å². The van der Waals surface area contributed by atoms with Crippen LogP contribution < -0.4 is 11.2 Å². The summed E-state index contributed by atoms with van der Waals surface area (Å²) < 4.78 is 0. The van der Waals surface area contributed by atoms with Crippen molar-refractivity contribution in [3.8, 4) is 0 Å². The molecule has 0 unspecified atom stereocenters. The summed E-state index contributed by atoms with van der Waals surface area (Å²) in [6, 6.07) is 3.74. The van der Waals surface area contributed by atoms with E-state index >= 15 is 0 Å². The summed E-state index contributed by atoms with van der Waals surface area (Å²) in [6.45, 7) is 3.84. The standard InChI is InChI=1S/C8H12N2O/c1-5-3-4-7(10-11)6(2)8(5)9/h3-4,10-11H,9H2,1-2H3/p+1. The first-order valence-electron chi connectivity index (χ1n) is 3.50. The smallest absolute Gasteiger partial charge is 0.166 e. The van der Waals surface area contributed by atoms with Gasteiger partial charge < -0.3 is 5.73 Å². The first kappa shape index (κ1) is 8.04. The lowest BCUT2D eigenvalue weighted by Gasteiger charge is -2.04. The predicted octanol–water partition coefficient (Wildman–Crippen LogP) is 0.470. The van der Waals surface area contributed by atoms with Crippen molar-refractivity contribution >= 4 is 11.4 Å². The molecule has 0 saturated carbocycles. The lowest BCUT2D eigenvalue weighted by atomic mass is 10.1. The van der Waals surface area contributed by atoms with Crippen LogP contribution in [0.3, 0.4) is 0 Å². The molecule has 5 N–H and O–H groups in total. The van der Waals surface area contributed by atoms with E-state index in [1.807, 2.05) is 26.0 Å². The van der Waals surface area contributed by atoms with E-state index in [0.717, 1.165) is 28.0 Å². The fourth-order valence-electron chi connectivity index (χ4n) is 1.02. The highest BCUT2D eigenvalue weighted by Gasteiger charge is 2.05. The second-order valence-electron chi connectivity index (χ2n) is 2.64. The van der Waals surface area contributed by atoms with Crippen LogP contribution in [0, 0.1) is 13.8 Å². The van der Waals surface area contributed by atoms with Crippen LogP contribution in [0.5, 0.6) is 0 Å². The van der Waals surface area contributed by atoms with Gasteiger partial charge in [-0.15, -0.1) is 0 Å². The molecule has 0 saturated heterocycles. The van der Waals surface area contributed by atoms with Crippen LogP contribution in [0.15, 0.2) is 12.1 Å². The molecule has 0 amide bonds. The first-order chi connectivity index (χ1) is 5.16. The second-order valence-corrected chi connectivity index (χ2v) is 2.64. The molecule has 3 heteroatoms. The molecule has 0 aliphatic rings. The molecule has 1 aromatic carbocycles. The Hall–Kier alpha value is -1.06. The summed E-state index contributed by atoms with van der Waals surface area (Å²) in [6.07, 6.45) is 0. The summed E-state index contributed by atoms with van der Waals surface area (Å²) >= 11 is 0. The summed E-state index contributed by atoms with van der Waals surface area (Å²) in [4.78, 5) is 0. The third-order valence-electron chi connectivity index (χ3n) is 1.91. The van der Waals surface area contributed by atoms with E-state index in [1.54, 1.807) is 0 Å². The van der Waals surface area contributed by atoms with E-state index in [4.69, 9.17) is 10.9 Å². The number of anilines is 1.